The second kappa shape index (κ2) is 4.03. The van der Waals surface area contributed by atoms with Crippen LogP contribution in [0.4, 0.5) is 0 Å². The summed E-state index contributed by atoms with van der Waals surface area (Å²) >= 11 is 0. The fourth-order valence-electron chi connectivity index (χ4n) is 5.22. The number of carbonyl (C=O) groups is 2. The Morgan fingerprint density at radius 2 is 1.95 bits per heavy atom. The van der Waals surface area contributed by atoms with E-state index in [-0.39, 0.29) is 17.5 Å². The van der Waals surface area contributed by atoms with Crippen LogP contribution in [0, 0.1) is 29.6 Å². The summed E-state index contributed by atoms with van der Waals surface area (Å²) in [6.07, 6.45) is 5.37. The second-order valence-corrected chi connectivity index (χ2v) is 7.31. The predicted molar refractivity (Wildman–Crippen MR) is 74.0 cm³/mol. The van der Waals surface area contributed by atoms with E-state index in [2.05, 4.69) is 13.5 Å². The zero-order chi connectivity index (χ0) is 14.1. The number of Topliss-reactive ketones (excluding diaryl/α,β-unsaturated/α-hetero) is 2. The number of epoxide rings is 1. The molecule has 3 heteroatoms. The van der Waals surface area contributed by atoms with Gasteiger partial charge in [0.15, 0.2) is 17.2 Å². The molecule has 0 aromatic rings. The molecule has 0 bridgehead atoms. The lowest BCUT2D eigenvalue weighted by atomic mass is 9.52. The minimum atomic E-state index is -0.579. The molecule has 4 rings (SSSR count). The molecule has 1 heterocycles. The number of carbonyl (C=O) groups excluding carboxylic acids is 2. The molecule has 3 saturated carbocycles. The van der Waals surface area contributed by atoms with Crippen LogP contribution >= 0.6 is 0 Å². The lowest BCUT2D eigenvalue weighted by Gasteiger charge is -2.50. The van der Waals surface area contributed by atoms with Gasteiger partial charge in [0.1, 0.15) is 0 Å². The number of hydrogen-bond donors (Lipinski definition) is 0. The second-order valence-electron chi connectivity index (χ2n) is 7.31. The molecule has 0 aromatic heterocycles. The number of hydrogen-bond acceptors (Lipinski definition) is 3. The van der Waals surface area contributed by atoms with Crippen molar-refractivity contribution >= 4 is 11.6 Å². The summed E-state index contributed by atoms with van der Waals surface area (Å²) in [5.74, 6) is 1.26. The van der Waals surface area contributed by atoms with E-state index in [1.54, 1.807) is 0 Å². The van der Waals surface area contributed by atoms with Gasteiger partial charge >= 0.3 is 0 Å². The molecule has 5 unspecified atom stereocenters. The summed E-state index contributed by atoms with van der Waals surface area (Å²) < 4.78 is 5.41. The number of ether oxygens (including phenoxy) is 1. The molecular formula is C17H22O3. The maximum atomic E-state index is 12.7. The van der Waals surface area contributed by atoms with Crippen molar-refractivity contribution in [3.05, 3.63) is 12.2 Å². The molecule has 1 aliphatic heterocycles. The predicted octanol–water partition coefficient (Wildman–Crippen LogP) is 2.54. The van der Waals surface area contributed by atoms with Gasteiger partial charge in [-0.15, -0.1) is 0 Å². The van der Waals surface area contributed by atoms with E-state index in [1.165, 1.54) is 12.8 Å². The number of rotatable bonds is 0. The summed E-state index contributed by atoms with van der Waals surface area (Å²) in [5, 5.41) is 0. The van der Waals surface area contributed by atoms with Gasteiger partial charge in [-0.25, -0.2) is 0 Å². The van der Waals surface area contributed by atoms with Crippen LogP contribution in [0.2, 0.25) is 0 Å². The maximum absolute atomic E-state index is 12.7. The number of ketones is 2. The highest BCUT2D eigenvalue weighted by Gasteiger charge is 2.63. The lowest BCUT2D eigenvalue weighted by Crippen LogP contribution is -2.54. The van der Waals surface area contributed by atoms with E-state index in [1.807, 2.05) is 0 Å². The molecule has 0 aromatic carbocycles. The van der Waals surface area contributed by atoms with Crippen LogP contribution in [-0.2, 0) is 14.3 Å². The van der Waals surface area contributed by atoms with E-state index in [0.717, 1.165) is 24.8 Å². The van der Waals surface area contributed by atoms with Crippen LogP contribution in [-0.4, -0.2) is 23.8 Å². The third-order valence-corrected chi connectivity index (χ3v) is 6.36. The summed E-state index contributed by atoms with van der Waals surface area (Å²) in [5.41, 5.74) is 0.152. The molecule has 3 nitrogen and oxygen atoms in total. The zero-order valence-corrected chi connectivity index (χ0v) is 12.1. The van der Waals surface area contributed by atoms with Crippen molar-refractivity contribution in [3.63, 3.8) is 0 Å². The highest BCUT2D eigenvalue weighted by atomic mass is 16.6. The third-order valence-electron chi connectivity index (χ3n) is 6.36. The molecule has 0 radical (unpaired) electrons. The Morgan fingerprint density at radius 1 is 1.20 bits per heavy atom. The van der Waals surface area contributed by atoms with E-state index < -0.39 is 11.5 Å². The molecule has 108 valence electrons. The van der Waals surface area contributed by atoms with E-state index in [9.17, 15) is 9.59 Å². The van der Waals surface area contributed by atoms with Crippen LogP contribution in [0.5, 0.6) is 0 Å². The maximum Gasteiger partial charge on any atom is 0.178 e. The fourth-order valence-corrected chi connectivity index (χ4v) is 5.22. The first-order chi connectivity index (χ1) is 9.55. The van der Waals surface area contributed by atoms with E-state index in [4.69, 9.17) is 4.74 Å². The summed E-state index contributed by atoms with van der Waals surface area (Å²) in [4.78, 5) is 25.4. The standard InChI is InChI=1S/C17H22O3/c1-9-4-3-5-11-12-6-7-17(8-20-17)16(19)14(12)15(18)10(2)13(9)11/h9,11-14H,2-8H2,1H3/t9-,11?,12?,13?,14?,17?/m0/s1. The average molecular weight is 274 g/mol. The van der Waals surface area contributed by atoms with Crippen molar-refractivity contribution in [1.29, 1.82) is 0 Å². The normalized spacial score (nSPS) is 50.9. The monoisotopic (exact) mass is 274 g/mol. The quantitative estimate of drug-likeness (QED) is 0.387. The van der Waals surface area contributed by atoms with Gasteiger partial charge in [-0.1, -0.05) is 26.3 Å². The minimum absolute atomic E-state index is 0.0320. The summed E-state index contributed by atoms with van der Waals surface area (Å²) in [6, 6.07) is 0. The summed E-state index contributed by atoms with van der Waals surface area (Å²) in [7, 11) is 0. The van der Waals surface area contributed by atoms with Gasteiger partial charge in [-0.2, -0.15) is 0 Å². The van der Waals surface area contributed by atoms with Crippen molar-refractivity contribution in [2.75, 3.05) is 6.61 Å². The van der Waals surface area contributed by atoms with Crippen LogP contribution < -0.4 is 0 Å². The number of fused-ring (bicyclic) bond motifs is 3. The Hall–Kier alpha value is -0.960. The summed E-state index contributed by atoms with van der Waals surface area (Å²) in [6.45, 7) is 6.85. The van der Waals surface area contributed by atoms with E-state index in [0.29, 0.717) is 24.4 Å². The minimum Gasteiger partial charge on any atom is -0.361 e. The molecule has 1 spiro atoms. The van der Waals surface area contributed by atoms with Gasteiger partial charge in [-0.3, -0.25) is 9.59 Å². The largest absolute Gasteiger partial charge is 0.361 e. The van der Waals surface area contributed by atoms with Crippen LogP contribution in [0.1, 0.15) is 39.0 Å². The molecule has 1 saturated heterocycles. The van der Waals surface area contributed by atoms with Gasteiger partial charge in [0, 0.05) is 0 Å². The first-order valence-electron chi connectivity index (χ1n) is 7.96. The third kappa shape index (κ3) is 1.50. The van der Waals surface area contributed by atoms with Crippen molar-refractivity contribution < 1.29 is 14.3 Å². The molecule has 4 fully saturated rings. The van der Waals surface area contributed by atoms with Crippen molar-refractivity contribution in [2.24, 2.45) is 29.6 Å². The van der Waals surface area contributed by atoms with Crippen LogP contribution in [0.25, 0.3) is 0 Å². The van der Waals surface area contributed by atoms with Crippen LogP contribution in [0.3, 0.4) is 0 Å². The Balaban J connectivity index is 1.72. The highest BCUT2D eigenvalue weighted by Crippen LogP contribution is 2.56. The van der Waals surface area contributed by atoms with Gasteiger partial charge in [0.25, 0.3) is 0 Å². The Labute approximate surface area is 119 Å². The van der Waals surface area contributed by atoms with E-state index >= 15 is 0 Å². The van der Waals surface area contributed by atoms with Crippen molar-refractivity contribution in [2.45, 2.75) is 44.6 Å². The zero-order valence-electron chi connectivity index (χ0n) is 12.1. The SMILES string of the molecule is C=C1C(=O)C2C(=O)C3(CCC2C2CCC[C@H](C)C12)CO3. The Kier molecular flexibility index (Phi) is 2.57. The topological polar surface area (TPSA) is 46.7 Å². The van der Waals surface area contributed by atoms with Gasteiger partial charge in [0.05, 0.1) is 12.5 Å². The first kappa shape index (κ1) is 12.8. The van der Waals surface area contributed by atoms with Gasteiger partial charge < -0.3 is 4.74 Å². The Bertz CT molecular complexity index is 502. The molecule has 0 amide bonds. The highest BCUT2D eigenvalue weighted by molar-refractivity contribution is 6.14. The molecule has 6 atom stereocenters. The lowest BCUT2D eigenvalue weighted by molar-refractivity contribution is -0.145. The smallest absolute Gasteiger partial charge is 0.178 e. The van der Waals surface area contributed by atoms with Crippen molar-refractivity contribution in [1.82, 2.24) is 0 Å². The molecule has 20 heavy (non-hydrogen) atoms. The van der Waals surface area contributed by atoms with Crippen LogP contribution in [0.15, 0.2) is 12.2 Å². The van der Waals surface area contributed by atoms with Gasteiger partial charge in [-0.05, 0) is 48.5 Å². The van der Waals surface area contributed by atoms with Crippen molar-refractivity contribution in [3.8, 4) is 0 Å². The van der Waals surface area contributed by atoms with Gasteiger partial charge in [0.2, 0.25) is 0 Å². The number of allylic oxidation sites excluding steroid dienone is 1. The molecular weight excluding hydrogens is 252 g/mol. The Morgan fingerprint density at radius 3 is 2.65 bits per heavy atom. The molecule has 4 aliphatic rings. The average Bonchev–Trinajstić information content (AvgIpc) is 3.20. The molecule has 0 N–H and O–H groups in total. The fraction of sp³-hybridized carbons (Fsp3) is 0.765. The molecule has 3 aliphatic carbocycles. The first-order valence-corrected chi connectivity index (χ1v) is 7.96.